The van der Waals surface area contributed by atoms with Crippen LogP contribution in [0.3, 0.4) is 0 Å². The Balaban J connectivity index is 1.68. The van der Waals surface area contributed by atoms with Gasteiger partial charge in [-0.1, -0.05) is 12.1 Å². The van der Waals surface area contributed by atoms with Crippen LogP contribution in [0, 0.1) is 0 Å². The summed E-state index contributed by atoms with van der Waals surface area (Å²) >= 11 is 0. The molecule has 116 valence electrons. The first kappa shape index (κ1) is 14.8. The fourth-order valence-electron chi connectivity index (χ4n) is 3.23. The van der Waals surface area contributed by atoms with Gasteiger partial charge < -0.3 is 19.3 Å². The summed E-state index contributed by atoms with van der Waals surface area (Å²) in [5.74, 6) is 0.402. The highest BCUT2D eigenvalue weighted by Gasteiger charge is 2.46. The Kier molecular flexibility index (Phi) is 3.95. The number of benzene rings is 1. The van der Waals surface area contributed by atoms with Crippen molar-refractivity contribution in [2.24, 2.45) is 0 Å². The average molecular weight is 292 g/mol. The smallest absolute Gasteiger partial charge is 0.168 e. The van der Waals surface area contributed by atoms with Crippen LogP contribution in [0.5, 0.6) is 5.75 Å². The molecule has 4 heteroatoms. The van der Waals surface area contributed by atoms with E-state index >= 15 is 0 Å². The summed E-state index contributed by atoms with van der Waals surface area (Å²) in [6.07, 6.45) is 2.97. The molecule has 0 radical (unpaired) electrons. The summed E-state index contributed by atoms with van der Waals surface area (Å²) in [6.45, 7) is 5.34. The molecule has 1 aromatic rings. The van der Waals surface area contributed by atoms with Crippen molar-refractivity contribution in [3.05, 3.63) is 29.8 Å². The summed E-state index contributed by atoms with van der Waals surface area (Å²) in [5.41, 5.74) is 0.170. The van der Waals surface area contributed by atoms with E-state index in [1.807, 2.05) is 38.1 Å². The lowest BCUT2D eigenvalue weighted by atomic mass is 9.77. The Hall–Kier alpha value is -1.10. The first-order chi connectivity index (χ1) is 10.0. The van der Waals surface area contributed by atoms with Crippen molar-refractivity contribution in [3.63, 3.8) is 0 Å². The maximum Gasteiger partial charge on any atom is 0.168 e. The molecule has 1 saturated heterocycles. The molecular weight excluding hydrogens is 268 g/mol. The van der Waals surface area contributed by atoms with E-state index in [2.05, 4.69) is 0 Å². The van der Waals surface area contributed by atoms with E-state index in [1.165, 1.54) is 0 Å². The van der Waals surface area contributed by atoms with Gasteiger partial charge in [0.15, 0.2) is 5.79 Å². The van der Waals surface area contributed by atoms with Crippen molar-refractivity contribution < 1.29 is 19.3 Å². The van der Waals surface area contributed by atoms with E-state index < -0.39 is 11.4 Å². The SMILES string of the molecule is CC(C)Oc1ccc(C2(O)CCC3(CC2)OCCO3)cc1. The number of rotatable bonds is 3. The van der Waals surface area contributed by atoms with E-state index in [0.717, 1.165) is 24.2 Å². The van der Waals surface area contributed by atoms with Crippen molar-refractivity contribution in [1.29, 1.82) is 0 Å². The zero-order valence-corrected chi connectivity index (χ0v) is 12.8. The minimum Gasteiger partial charge on any atom is -0.491 e. The van der Waals surface area contributed by atoms with Gasteiger partial charge >= 0.3 is 0 Å². The van der Waals surface area contributed by atoms with Gasteiger partial charge in [0.05, 0.1) is 24.9 Å². The monoisotopic (exact) mass is 292 g/mol. The van der Waals surface area contributed by atoms with Crippen molar-refractivity contribution in [1.82, 2.24) is 0 Å². The highest BCUT2D eigenvalue weighted by molar-refractivity contribution is 5.31. The summed E-state index contributed by atoms with van der Waals surface area (Å²) in [7, 11) is 0. The quantitative estimate of drug-likeness (QED) is 0.930. The van der Waals surface area contributed by atoms with E-state index in [-0.39, 0.29) is 6.10 Å². The van der Waals surface area contributed by atoms with Gasteiger partial charge in [-0.15, -0.1) is 0 Å². The molecule has 0 bridgehead atoms. The number of ether oxygens (including phenoxy) is 3. The number of hydrogen-bond donors (Lipinski definition) is 1. The molecule has 1 saturated carbocycles. The van der Waals surface area contributed by atoms with Crippen LogP contribution in [0.25, 0.3) is 0 Å². The average Bonchev–Trinajstić information content (AvgIpc) is 2.92. The van der Waals surface area contributed by atoms with E-state index in [0.29, 0.717) is 26.1 Å². The molecule has 1 spiro atoms. The van der Waals surface area contributed by atoms with Crippen LogP contribution in [0.2, 0.25) is 0 Å². The van der Waals surface area contributed by atoms with Crippen LogP contribution in [0.15, 0.2) is 24.3 Å². The van der Waals surface area contributed by atoms with E-state index in [4.69, 9.17) is 14.2 Å². The largest absolute Gasteiger partial charge is 0.491 e. The zero-order chi connectivity index (χ0) is 14.9. The molecule has 0 unspecified atom stereocenters. The lowest BCUT2D eigenvalue weighted by Crippen LogP contribution is -2.42. The summed E-state index contributed by atoms with van der Waals surface area (Å²) in [6, 6.07) is 7.79. The Morgan fingerprint density at radius 3 is 2.10 bits per heavy atom. The predicted molar refractivity (Wildman–Crippen MR) is 79.2 cm³/mol. The summed E-state index contributed by atoms with van der Waals surface area (Å²) < 4.78 is 17.1. The van der Waals surface area contributed by atoms with Gasteiger partial charge in [0.1, 0.15) is 5.75 Å². The fourth-order valence-corrected chi connectivity index (χ4v) is 3.23. The second-order valence-electron chi connectivity index (χ2n) is 6.33. The van der Waals surface area contributed by atoms with E-state index in [9.17, 15) is 5.11 Å². The molecule has 0 aromatic heterocycles. The number of hydrogen-bond acceptors (Lipinski definition) is 4. The number of aliphatic hydroxyl groups is 1. The van der Waals surface area contributed by atoms with Crippen LogP contribution in [0.4, 0.5) is 0 Å². The topological polar surface area (TPSA) is 47.9 Å². The third-order valence-corrected chi connectivity index (χ3v) is 4.42. The van der Waals surface area contributed by atoms with Gasteiger partial charge in [0.25, 0.3) is 0 Å². The maximum absolute atomic E-state index is 10.9. The summed E-state index contributed by atoms with van der Waals surface area (Å²) in [5, 5.41) is 10.9. The molecule has 21 heavy (non-hydrogen) atoms. The third kappa shape index (κ3) is 3.07. The van der Waals surface area contributed by atoms with Gasteiger partial charge in [-0.2, -0.15) is 0 Å². The van der Waals surface area contributed by atoms with Gasteiger partial charge in [0.2, 0.25) is 0 Å². The molecule has 1 aliphatic carbocycles. The van der Waals surface area contributed by atoms with Crippen LogP contribution < -0.4 is 4.74 Å². The third-order valence-electron chi connectivity index (χ3n) is 4.42. The molecule has 3 rings (SSSR count). The van der Waals surface area contributed by atoms with Gasteiger partial charge in [-0.05, 0) is 44.4 Å². The molecule has 1 aliphatic heterocycles. The molecular formula is C17H24O4. The van der Waals surface area contributed by atoms with Gasteiger partial charge in [-0.25, -0.2) is 0 Å². The minimum atomic E-state index is -0.781. The van der Waals surface area contributed by atoms with Crippen LogP contribution in [-0.2, 0) is 15.1 Å². The molecule has 4 nitrogen and oxygen atoms in total. The van der Waals surface area contributed by atoms with Crippen molar-refractivity contribution in [2.45, 2.75) is 57.0 Å². The summed E-state index contributed by atoms with van der Waals surface area (Å²) in [4.78, 5) is 0. The second-order valence-corrected chi connectivity index (χ2v) is 6.33. The highest BCUT2D eigenvalue weighted by Crippen LogP contribution is 2.45. The molecule has 2 aliphatic rings. The van der Waals surface area contributed by atoms with E-state index in [1.54, 1.807) is 0 Å². The molecule has 1 N–H and O–H groups in total. The normalized spacial score (nSPS) is 23.6. The molecule has 0 atom stereocenters. The first-order valence-corrected chi connectivity index (χ1v) is 7.79. The minimum absolute atomic E-state index is 0.158. The van der Waals surface area contributed by atoms with Crippen molar-refractivity contribution in [3.8, 4) is 5.75 Å². The highest BCUT2D eigenvalue weighted by atomic mass is 16.7. The Morgan fingerprint density at radius 2 is 1.57 bits per heavy atom. The standard InChI is InChI=1S/C17H24O4/c1-13(2)21-15-5-3-14(4-6-15)16(18)7-9-17(10-8-16)19-11-12-20-17/h3-6,13,18H,7-12H2,1-2H3. The zero-order valence-electron chi connectivity index (χ0n) is 12.8. The molecule has 2 fully saturated rings. The van der Waals surface area contributed by atoms with Crippen molar-refractivity contribution in [2.75, 3.05) is 13.2 Å². The predicted octanol–water partition coefficient (Wildman–Crippen LogP) is 2.98. The Bertz CT molecular complexity index is 464. The fraction of sp³-hybridized carbons (Fsp3) is 0.647. The molecule has 0 amide bonds. The first-order valence-electron chi connectivity index (χ1n) is 7.79. The maximum atomic E-state index is 10.9. The van der Waals surface area contributed by atoms with Crippen molar-refractivity contribution >= 4 is 0 Å². The molecule has 1 aromatic carbocycles. The van der Waals surface area contributed by atoms with Crippen LogP contribution in [0.1, 0.15) is 45.1 Å². The van der Waals surface area contributed by atoms with Gasteiger partial charge in [0, 0.05) is 12.8 Å². The van der Waals surface area contributed by atoms with Gasteiger partial charge in [-0.3, -0.25) is 0 Å². The van der Waals surface area contributed by atoms with Crippen LogP contribution in [-0.4, -0.2) is 30.2 Å². The lowest BCUT2D eigenvalue weighted by Gasteiger charge is -2.40. The Morgan fingerprint density at radius 1 is 1.00 bits per heavy atom. The van der Waals surface area contributed by atoms with Crippen LogP contribution >= 0.6 is 0 Å². The lowest BCUT2D eigenvalue weighted by molar-refractivity contribution is -0.204. The molecule has 1 heterocycles. The Labute approximate surface area is 126 Å². The second kappa shape index (κ2) is 5.59.